The van der Waals surface area contributed by atoms with Crippen molar-refractivity contribution in [3.63, 3.8) is 0 Å². The van der Waals surface area contributed by atoms with E-state index in [9.17, 15) is 0 Å². The van der Waals surface area contributed by atoms with E-state index in [-0.39, 0.29) is 6.04 Å². The molecular formula is C24H19BrN6. The molecule has 0 N–H and O–H groups in total. The molecule has 0 aliphatic carbocycles. The van der Waals surface area contributed by atoms with Gasteiger partial charge in [0.25, 0.3) is 0 Å². The highest BCUT2D eigenvalue weighted by Crippen LogP contribution is 2.37. The maximum atomic E-state index is 5.01. The zero-order valence-corrected chi connectivity index (χ0v) is 18.2. The normalized spacial score (nSPS) is 16.1. The van der Waals surface area contributed by atoms with Crippen molar-refractivity contribution in [3.05, 3.63) is 113 Å². The Hall–Kier alpha value is -3.58. The zero-order chi connectivity index (χ0) is 21.0. The van der Waals surface area contributed by atoms with Crippen molar-refractivity contribution in [3.8, 4) is 0 Å². The molecule has 1 aliphatic rings. The zero-order valence-electron chi connectivity index (χ0n) is 16.6. The minimum absolute atomic E-state index is 0.139. The molecule has 0 bridgehead atoms. The highest BCUT2D eigenvalue weighted by molar-refractivity contribution is 9.10. The molecule has 3 aromatic carbocycles. The number of benzene rings is 3. The van der Waals surface area contributed by atoms with E-state index < -0.39 is 0 Å². The lowest BCUT2D eigenvalue weighted by Gasteiger charge is -2.24. The summed E-state index contributed by atoms with van der Waals surface area (Å²) in [6.07, 6.45) is 5.74. The van der Waals surface area contributed by atoms with Gasteiger partial charge in [0.15, 0.2) is 0 Å². The second-order valence-electron chi connectivity index (χ2n) is 7.21. The third kappa shape index (κ3) is 4.32. The van der Waals surface area contributed by atoms with Crippen molar-refractivity contribution >= 4 is 33.5 Å². The third-order valence-corrected chi connectivity index (χ3v) is 5.71. The fourth-order valence-corrected chi connectivity index (χ4v) is 3.86. The topological polar surface area (TPSA) is 58.7 Å². The van der Waals surface area contributed by atoms with Crippen LogP contribution in [0.1, 0.15) is 29.2 Å². The van der Waals surface area contributed by atoms with Crippen LogP contribution in [0.25, 0.3) is 0 Å². The Morgan fingerprint density at radius 1 is 0.871 bits per heavy atom. The van der Waals surface area contributed by atoms with Crippen molar-refractivity contribution in [1.82, 2.24) is 14.9 Å². The first-order valence-corrected chi connectivity index (χ1v) is 10.7. The highest BCUT2D eigenvalue weighted by Gasteiger charge is 2.29. The maximum Gasteiger partial charge on any atom is 0.141 e. The highest BCUT2D eigenvalue weighted by atomic mass is 79.9. The summed E-state index contributed by atoms with van der Waals surface area (Å²) in [5.74, 6) is 0. The van der Waals surface area contributed by atoms with Gasteiger partial charge in [-0.05, 0) is 41.0 Å². The minimum atomic E-state index is 0.139. The minimum Gasteiger partial charge on any atom is -0.257 e. The molecule has 0 saturated carbocycles. The summed E-state index contributed by atoms with van der Waals surface area (Å²) in [6, 6.07) is 27.2. The van der Waals surface area contributed by atoms with Crippen LogP contribution in [0.2, 0.25) is 0 Å². The van der Waals surface area contributed by atoms with E-state index in [1.54, 1.807) is 23.5 Å². The fraction of sp³-hybridized carbons (Fsp3) is 0.0833. The van der Waals surface area contributed by atoms with Gasteiger partial charge in [-0.2, -0.15) is 10.2 Å². The molecule has 0 amide bonds. The second-order valence-corrected chi connectivity index (χ2v) is 8.12. The molecule has 7 heteroatoms. The summed E-state index contributed by atoms with van der Waals surface area (Å²) in [5.41, 5.74) is 5.51. The van der Waals surface area contributed by atoms with Crippen LogP contribution in [0.5, 0.6) is 0 Å². The molecule has 1 aromatic heterocycles. The molecule has 0 fully saturated rings. The molecule has 2 heterocycles. The largest absolute Gasteiger partial charge is 0.257 e. The summed E-state index contributed by atoms with van der Waals surface area (Å²) in [6.45, 7) is 0. The Balaban J connectivity index is 1.45. The van der Waals surface area contributed by atoms with Crippen LogP contribution in [0.3, 0.4) is 0 Å². The predicted molar refractivity (Wildman–Crippen MR) is 126 cm³/mol. The van der Waals surface area contributed by atoms with E-state index in [1.165, 1.54) is 5.56 Å². The van der Waals surface area contributed by atoms with Gasteiger partial charge < -0.3 is 0 Å². The Labute approximate surface area is 188 Å². The molecule has 0 saturated heterocycles. The Morgan fingerprint density at radius 3 is 2.29 bits per heavy atom. The molecule has 5 rings (SSSR count). The van der Waals surface area contributed by atoms with Crippen molar-refractivity contribution in [2.75, 3.05) is 5.01 Å². The maximum absolute atomic E-state index is 5.01. The number of anilines is 1. The average Bonchev–Trinajstić information content (AvgIpc) is 3.50. The smallest absolute Gasteiger partial charge is 0.141 e. The molecular weight excluding hydrogens is 452 g/mol. The summed E-state index contributed by atoms with van der Waals surface area (Å²) in [7, 11) is 0. The molecule has 6 nitrogen and oxygen atoms in total. The van der Waals surface area contributed by atoms with Crippen LogP contribution in [0.15, 0.2) is 106 Å². The first kappa shape index (κ1) is 19.4. The number of rotatable bonds is 5. The van der Waals surface area contributed by atoms with Gasteiger partial charge in [0.1, 0.15) is 12.7 Å². The Morgan fingerprint density at radius 2 is 1.58 bits per heavy atom. The standard InChI is InChI=1S/C24H19BrN6/c25-21-10-8-20(9-11-21)24-14-23(19-4-2-1-3-5-19)29-31(24)22-12-6-18(7-13-22)15-28-30-16-26-27-17-30/h1-13,15-17,24H,14H2/b28-15+/t24-/m0/s1. The molecule has 31 heavy (non-hydrogen) atoms. The van der Waals surface area contributed by atoms with Crippen molar-refractivity contribution in [2.45, 2.75) is 12.5 Å². The summed E-state index contributed by atoms with van der Waals surface area (Å²) in [4.78, 5) is 0. The summed E-state index contributed by atoms with van der Waals surface area (Å²) in [5, 5.41) is 18.9. The van der Waals surface area contributed by atoms with Gasteiger partial charge in [0.05, 0.1) is 23.7 Å². The number of hydrogen-bond donors (Lipinski definition) is 0. The van der Waals surface area contributed by atoms with Crippen LogP contribution < -0.4 is 5.01 Å². The molecule has 4 aromatic rings. The van der Waals surface area contributed by atoms with Crippen LogP contribution >= 0.6 is 15.9 Å². The van der Waals surface area contributed by atoms with E-state index in [4.69, 9.17) is 5.10 Å². The van der Waals surface area contributed by atoms with Crippen LogP contribution in [0, 0.1) is 0 Å². The van der Waals surface area contributed by atoms with Gasteiger partial charge in [-0.15, -0.1) is 10.2 Å². The third-order valence-electron chi connectivity index (χ3n) is 5.18. The Bertz CT molecular complexity index is 1200. The summed E-state index contributed by atoms with van der Waals surface area (Å²) >= 11 is 3.54. The van der Waals surface area contributed by atoms with Crippen LogP contribution in [-0.4, -0.2) is 26.8 Å². The van der Waals surface area contributed by atoms with Gasteiger partial charge in [-0.3, -0.25) is 5.01 Å². The molecule has 0 spiro atoms. The fourth-order valence-electron chi connectivity index (χ4n) is 3.60. The lowest BCUT2D eigenvalue weighted by Crippen LogP contribution is -2.18. The van der Waals surface area contributed by atoms with Gasteiger partial charge in [0.2, 0.25) is 0 Å². The second kappa shape index (κ2) is 8.65. The molecule has 152 valence electrons. The number of hydrogen-bond acceptors (Lipinski definition) is 5. The van der Waals surface area contributed by atoms with Gasteiger partial charge in [-0.25, -0.2) is 4.68 Å². The van der Waals surface area contributed by atoms with Crippen molar-refractivity contribution in [2.24, 2.45) is 10.2 Å². The Kier molecular flexibility index (Phi) is 5.41. The lowest BCUT2D eigenvalue weighted by atomic mass is 9.98. The average molecular weight is 471 g/mol. The van der Waals surface area contributed by atoms with E-state index in [0.717, 1.165) is 33.4 Å². The molecule has 1 aliphatic heterocycles. The SMILES string of the molecule is Brc1ccc([C@@H]2CC(c3ccccc3)=NN2c2ccc(/C=N/n3cnnc3)cc2)cc1. The van der Waals surface area contributed by atoms with Gasteiger partial charge in [-0.1, -0.05) is 70.5 Å². The first-order valence-electron chi connectivity index (χ1n) is 9.93. The lowest BCUT2D eigenvalue weighted by molar-refractivity contribution is 0.709. The molecule has 0 unspecified atom stereocenters. The predicted octanol–water partition coefficient (Wildman–Crippen LogP) is 5.28. The van der Waals surface area contributed by atoms with Gasteiger partial charge >= 0.3 is 0 Å². The molecule has 0 radical (unpaired) electrons. The number of halogens is 1. The first-order chi connectivity index (χ1) is 15.3. The van der Waals surface area contributed by atoms with Crippen LogP contribution in [-0.2, 0) is 0 Å². The number of hydrazone groups is 1. The van der Waals surface area contributed by atoms with Crippen molar-refractivity contribution in [1.29, 1.82) is 0 Å². The van der Waals surface area contributed by atoms with Gasteiger partial charge in [0, 0.05) is 10.9 Å². The van der Waals surface area contributed by atoms with Crippen molar-refractivity contribution < 1.29 is 0 Å². The monoisotopic (exact) mass is 470 g/mol. The quantitative estimate of drug-likeness (QED) is 0.372. The van der Waals surface area contributed by atoms with E-state index >= 15 is 0 Å². The number of aromatic nitrogens is 3. The summed E-state index contributed by atoms with van der Waals surface area (Å²) < 4.78 is 2.63. The van der Waals surface area contributed by atoms with E-state index in [1.807, 2.05) is 18.2 Å². The van der Waals surface area contributed by atoms with Crippen LogP contribution in [0.4, 0.5) is 5.69 Å². The number of nitrogens with zero attached hydrogens (tertiary/aromatic N) is 6. The van der Waals surface area contributed by atoms with E-state index in [0.29, 0.717) is 0 Å². The van der Waals surface area contributed by atoms with E-state index in [2.05, 4.69) is 96.9 Å². The molecule has 1 atom stereocenters.